The van der Waals surface area contributed by atoms with Gasteiger partial charge < -0.3 is 33.4 Å². The predicted molar refractivity (Wildman–Crippen MR) is 136 cm³/mol. The highest BCUT2D eigenvalue weighted by atomic mass is 16.5. The fourth-order valence-electron chi connectivity index (χ4n) is 4.58. The van der Waals surface area contributed by atoms with Crippen LogP contribution in [-0.4, -0.2) is 40.5 Å². The van der Waals surface area contributed by atoms with Gasteiger partial charge in [0.25, 0.3) is 5.91 Å². The summed E-state index contributed by atoms with van der Waals surface area (Å²) >= 11 is 0. The Morgan fingerprint density at radius 3 is 2.19 bits per heavy atom. The number of methoxy groups -OCH3 is 4. The third-order valence-corrected chi connectivity index (χ3v) is 6.34. The third-order valence-electron chi connectivity index (χ3n) is 6.34. The number of carbonyl (C=O) groups excluding carboxylic acids is 1. The standard InChI is InChI=1S/C28H25NO8/c1-32-16-11-9-15(10-12-16)29-27(30)26-23(18-13-21(34-3)22(35-4)14-20(18)33-2)24-25(37-26)17-7-5-6-8-19(17)36-28(24)31/h5-14,23,26H,1-4H3,(H,29,30)/t23-,26-/m0/s1. The van der Waals surface area contributed by atoms with Gasteiger partial charge in [0.1, 0.15) is 22.8 Å². The molecule has 2 atom stereocenters. The molecule has 1 aromatic heterocycles. The number of para-hydroxylation sites is 1. The zero-order valence-corrected chi connectivity index (χ0v) is 20.7. The number of nitrogens with one attached hydrogen (secondary N) is 1. The summed E-state index contributed by atoms with van der Waals surface area (Å²) in [6.07, 6.45) is -1.11. The molecule has 9 heteroatoms. The van der Waals surface area contributed by atoms with Gasteiger partial charge in [-0.1, -0.05) is 12.1 Å². The van der Waals surface area contributed by atoms with Gasteiger partial charge in [0.2, 0.25) is 0 Å². The van der Waals surface area contributed by atoms with Crippen LogP contribution in [0.5, 0.6) is 28.7 Å². The Balaban J connectivity index is 1.67. The summed E-state index contributed by atoms with van der Waals surface area (Å²) in [5.41, 5.74) is 1.03. The molecule has 1 aliphatic heterocycles. The van der Waals surface area contributed by atoms with E-state index in [4.69, 9.17) is 28.1 Å². The lowest BCUT2D eigenvalue weighted by atomic mass is 9.87. The number of amides is 1. The van der Waals surface area contributed by atoms with Crippen LogP contribution in [0.1, 0.15) is 17.0 Å². The minimum absolute atomic E-state index is 0.221. The van der Waals surface area contributed by atoms with E-state index < -0.39 is 23.6 Å². The van der Waals surface area contributed by atoms with Gasteiger partial charge in [0.05, 0.1) is 45.3 Å². The van der Waals surface area contributed by atoms with Crippen LogP contribution in [0.2, 0.25) is 0 Å². The molecule has 0 fully saturated rings. The molecule has 37 heavy (non-hydrogen) atoms. The molecule has 0 aliphatic carbocycles. The minimum Gasteiger partial charge on any atom is -0.497 e. The molecule has 4 aromatic rings. The van der Waals surface area contributed by atoms with Crippen LogP contribution < -0.4 is 34.6 Å². The quantitative estimate of drug-likeness (QED) is 0.371. The number of fused-ring (bicyclic) bond motifs is 3. The van der Waals surface area contributed by atoms with Crippen molar-refractivity contribution in [2.45, 2.75) is 12.0 Å². The Bertz CT molecular complexity index is 1530. The maximum atomic E-state index is 13.6. The SMILES string of the molecule is COc1ccc(NC(=O)[C@H]2Oc3c(c(=O)oc4ccccc34)[C@@H]2c2cc(OC)c(OC)cc2OC)cc1. The summed E-state index contributed by atoms with van der Waals surface area (Å²) < 4.78 is 33.6. The first-order valence-electron chi connectivity index (χ1n) is 11.5. The normalized spacial score (nSPS) is 16.0. The van der Waals surface area contributed by atoms with Crippen molar-refractivity contribution in [2.24, 2.45) is 0 Å². The van der Waals surface area contributed by atoms with E-state index >= 15 is 0 Å². The van der Waals surface area contributed by atoms with E-state index in [9.17, 15) is 9.59 Å². The largest absolute Gasteiger partial charge is 0.497 e. The smallest absolute Gasteiger partial charge is 0.344 e. The van der Waals surface area contributed by atoms with Crippen LogP contribution in [0.4, 0.5) is 5.69 Å². The van der Waals surface area contributed by atoms with Gasteiger partial charge in [-0.25, -0.2) is 4.79 Å². The minimum atomic E-state index is -1.11. The number of hydrogen-bond donors (Lipinski definition) is 1. The lowest BCUT2D eigenvalue weighted by Gasteiger charge is -2.22. The van der Waals surface area contributed by atoms with Crippen LogP contribution in [0.3, 0.4) is 0 Å². The molecule has 0 saturated heterocycles. The Morgan fingerprint density at radius 2 is 1.51 bits per heavy atom. The summed E-state index contributed by atoms with van der Waals surface area (Å²) in [4.78, 5) is 26.9. The molecule has 0 unspecified atom stereocenters. The molecule has 0 spiro atoms. The number of hydrogen-bond acceptors (Lipinski definition) is 8. The van der Waals surface area contributed by atoms with Gasteiger partial charge in [0, 0.05) is 17.3 Å². The highest BCUT2D eigenvalue weighted by molar-refractivity contribution is 5.98. The van der Waals surface area contributed by atoms with E-state index in [0.29, 0.717) is 51.0 Å². The first-order valence-corrected chi connectivity index (χ1v) is 11.5. The second-order valence-corrected chi connectivity index (χ2v) is 8.31. The lowest BCUT2D eigenvalue weighted by Crippen LogP contribution is -2.35. The second-order valence-electron chi connectivity index (χ2n) is 8.31. The molecule has 5 rings (SSSR count). The van der Waals surface area contributed by atoms with Crippen molar-refractivity contribution < 1.29 is 32.9 Å². The van der Waals surface area contributed by atoms with E-state index in [0.717, 1.165) is 0 Å². The van der Waals surface area contributed by atoms with Crippen LogP contribution in [0, 0.1) is 0 Å². The van der Waals surface area contributed by atoms with E-state index in [1.54, 1.807) is 61.7 Å². The number of anilines is 1. The van der Waals surface area contributed by atoms with Crippen molar-refractivity contribution in [3.05, 3.63) is 82.2 Å². The maximum Gasteiger partial charge on any atom is 0.344 e. The van der Waals surface area contributed by atoms with Gasteiger partial charge in [-0.05, 0) is 42.5 Å². The number of benzene rings is 3. The Morgan fingerprint density at radius 1 is 0.838 bits per heavy atom. The number of rotatable bonds is 7. The summed E-state index contributed by atoms with van der Waals surface area (Å²) in [5.74, 6) is 0.880. The van der Waals surface area contributed by atoms with Gasteiger partial charge in [-0.3, -0.25) is 4.79 Å². The highest BCUT2D eigenvalue weighted by Crippen LogP contribution is 2.49. The molecule has 3 aromatic carbocycles. The van der Waals surface area contributed by atoms with E-state index in [-0.39, 0.29) is 5.56 Å². The van der Waals surface area contributed by atoms with Gasteiger partial charge in [-0.15, -0.1) is 0 Å². The van der Waals surface area contributed by atoms with Crippen LogP contribution in [0.15, 0.2) is 69.9 Å². The van der Waals surface area contributed by atoms with E-state index in [1.165, 1.54) is 21.3 Å². The summed E-state index contributed by atoms with van der Waals surface area (Å²) in [7, 11) is 6.07. The molecule has 0 radical (unpaired) electrons. The van der Waals surface area contributed by atoms with E-state index in [1.807, 2.05) is 6.07 Å². The first kappa shape index (κ1) is 24.1. The third kappa shape index (κ3) is 4.18. The molecule has 190 valence electrons. The van der Waals surface area contributed by atoms with Crippen LogP contribution in [0.25, 0.3) is 11.0 Å². The molecule has 0 bridgehead atoms. The summed E-state index contributed by atoms with van der Waals surface area (Å²) in [5, 5.41) is 3.46. The van der Waals surface area contributed by atoms with Gasteiger partial charge in [0.15, 0.2) is 17.6 Å². The van der Waals surface area contributed by atoms with Crippen molar-refractivity contribution in [2.75, 3.05) is 33.8 Å². The zero-order valence-electron chi connectivity index (χ0n) is 20.7. The summed E-state index contributed by atoms with van der Waals surface area (Å²) in [6, 6.07) is 17.3. The monoisotopic (exact) mass is 503 g/mol. The highest BCUT2D eigenvalue weighted by Gasteiger charge is 2.46. The molecular formula is C28H25NO8. The number of ether oxygens (including phenoxy) is 5. The average Bonchev–Trinajstić information content (AvgIpc) is 3.34. The van der Waals surface area contributed by atoms with Crippen LogP contribution >= 0.6 is 0 Å². The molecule has 0 saturated carbocycles. The first-order chi connectivity index (χ1) is 18.0. The van der Waals surface area contributed by atoms with Crippen LogP contribution in [-0.2, 0) is 4.79 Å². The molecule has 1 amide bonds. The second kappa shape index (κ2) is 9.77. The Kier molecular flexibility index (Phi) is 6.35. The summed E-state index contributed by atoms with van der Waals surface area (Å²) in [6.45, 7) is 0. The predicted octanol–water partition coefficient (Wildman–Crippen LogP) is 4.36. The van der Waals surface area contributed by atoms with Crippen molar-refractivity contribution in [1.29, 1.82) is 0 Å². The molecule has 2 heterocycles. The van der Waals surface area contributed by atoms with Crippen molar-refractivity contribution >= 4 is 22.6 Å². The lowest BCUT2D eigenvalue weighted by molar-refractivity contribution is -0.122. The fraction of sp³-hybridized carbons (Fsp3) is 0.214. The van der Waals surface area contributed by atoms with E-state index in [2.05, 4.69) is 5.32 Å². The Hall–Kier alpha value is -4.66. The zero-order chi connectivity index (χ0) is 26.1. The average molecular weight is 504 g/mol. The number of carbonyl (C=O) groups is 1. The van der Waals surface area contributed by atoms with Crippen molar-refractivity contribution in [3.8, 4) is 28.7 Å². The van der Waals surface area contributed by atoms with Crippen molar-refractivity contribution in [3.63, 3.8) is 0 Å². The molecule has 9 nitrogen and oxygen atoms in total. The van der Waals surface area contributed by atoms with Gasteiger partial charge >= 0.3 is 5.63 Å². The molecular weight excluding hydrogens is 478 g/mol. The maximum absolute atomic E-state index is 13.6. The van der Waals surface area contributed by atoms with Crippen molar-refractivity contribution in [1.82, 2.24) is 0 Å². The molecule has 1 N–H and O–H groups in total. The van der Waals surface area contributed by atoms with Gasteiger partial charge in [-0.2, -0.15) is 0 Å². The Labute approximate surface area is 212 Å². The fourth-order valence-corrected chi connectivity index (χ4v) is 4.58. The topological polar surface area (TPSA) is 105 Å². The molecule has 1 aliphatic rings.